The molecule has 5 nitrogen and oxygen atoms in total. The van der Waals surface area contributed by atoms with E-state index in [2.05, 4.69) is 10.6 Å². The van der Waals surface area contributed by atoms with Gasteiger partial charge in [0.25, 0.3) is 0 Å². The summed E-state index contributed by atoms with van der Waals surface area (Å²) in [6.45, 7) is 0.832. The van der Waals surface area contributed by atoms with E-state index >= 15 is 0 Å². The molecule has 0 bridgehead atoms. The largest absolute Gasteiger partial charge is 0.465 e. The van der Waals surface area contributed by atoms with Gasteiger partial charge < -0.3 is 20.8 Å². The molecular weight excluding hydrogens is 280 g/mol. The second-order valence-corrected chi connectivity index (χ2v) is 4.99. The standard InChI is InChI=1S/C17H20N2O3/c20-16(14-4-2-1-3-5-14)12-19-15-8-6-13(7-9-15)10-11-18-17(21)22/h1-9,16,18-20H,10-12H2,(H,21,22)/t16-/m0/s1. The molecule has 0 aliphatic heterocycles. The molecule has 2 aromatic carbocycles. The van der Waals surface area contributed by atoms with Crippen molar-refractivity contribution in [1.29, 1.82) is 0 Å². The van der Waals surface area contributed by atoms with Crippen molar-refractivity contribution in [2.45, 2.75) is 12.5 Å². The van der Waals surface area contributed by atoms with E-state index in [-0.39, 0.29) is 0 Å². The smallest absolute Gasteiger partial charge is 0.404 e. The van der Waals surface area contributed by atoms with E-state index < -0.39 is 12.2 Å². The number of carbonyl (C=O) groups is 1. The van der Waals surface area contributed by atoms with Gasteiger partial charge >= 0.3 is 6.09 Å². The first kappa shape index (κ1) is 15.9. The van der Waals surface area contributed by atoms with E-state index in [1.165, 1.54) is 0 Å². The van der Waals surface area contributed by atoms with Crippen LogP contribution in [0.3, 0.4) is 0 Å². The molecule has 2 aromatic rings. The van der Waals surface area contributed by atoms with E-state index in [0.29, 0.717) is 19.5 Å². The average molecular weight is 300 g/mol. The summed E-state index contributed by atoms with van der Waals surface area (Å²) in [6.07, 6.45) is -0.909. The van der Waals surface area contributed by atoms with Crippen LogP contribution in [0.15, 0.2) is 54.6 Å². The fraction of sp³-hybridized carbons (Fsp3) is 0.235. The SMILES string of the molecule is O=C(O)NCCc1ccc(NC[C@H](O)c2ccccc2)cc1. The molecule has 0 radical (unpaired) electrons. The summed E-state index contributed by atoms with van der Waals surface area (Å²) in [5, 5.41) is 24.1. The molecule has 1 atom stereocenters. The first-order valence-corrected chi connectivity index (χ1v) is 7.18. The zero-order valence-corrected chi connectivity index (χ0v) is 12.2. The third kappa shape index (κ3) is 5.10. The molecule has 0 fully saturated rings. The van der Waals surface area contributed by atoms with Crippen LogP contribution in [-0.4, -0.2) is 29.4 Å². The van der Waals surface area contributed by atoms with Gasteiger partial charge in [-0.15, -0.1) is 0 Å². The molecule has 0 saturated carbocycles. The first-order valence-electron chi connectivity index (χ1n) is 7.18. The van der Waals surface area contributed by atoms with Crippen LogP contribution in [0.4, 0.5) is 10.5 Å². The molecule has 1 amide bonds. The Hall–Kier alpha value is -2.53. The highest BCUT2D eigenvalue weighted by Crippen LogP contribution is 2.15. The zero-order valence-electron chi connectivity index (χ0n) is 12.2. The third-order valence-corrected chi connectivity index (χ3v) is 3.33. The topological polar surface area (TPSA) is 81.6 Å². The van der Waals surface area contributed by atoms with Crippen molar-refractivity contribution in [3.63, 3.8) is 0 Å². The minimum atomic E-state index is -1.01. The highest BCUT2D eigenvalue weighted by atomic mass is 16.4. The van der Waals surface area contributed by atoms with E-state index in [0.717, 1.165) is 16.8 Å². The minimum absolute atomic E-state index is 0.398. The van der Waals surface area contributed by atoms with Crippen molar-refractivity contribution >= 4 is 11.8 Å². The van der Waals surface area contributed by atoms with Gasteiger partial charge in [0, 0.05) is 18.8 Å². The number of nitrogens with one attached hydrogen (secondary N) is 2. The number of hydrogen-bond acceptors (Lipinski definition) is 3. The van der Waals surface area contributed by atoms with Crippen LogP contribution in [0.1, 0.15) is 17.2 Å². The number of carboxylic acid groups (broad SMARTS) is 1. The molecule has 0 aromatic heterocycles. The summed E-state index contributed by atoms with van der Waals surface area (Å²) in [5.41, 5.74) is 2.86. The Balaban J connectivity index is 1.80. The van der Waals surface area contributed by atoms with Crippen molar-refractivity contribution in [2.24, 2.45) is 0 Å². The lowest BCUT2D eigenvalue weighted by Gasteiger charge is -2.13. The Morgan fingerprint density at radius 2 is 1.73 bits per heavy atom. The Bertz CT molecular complexity index is 585. The third-order valence-electron chi connectivity index (χ3n) is 3.33. The Morgan fingerprint density at radius 1 is 1.05 bits per heavy atom. The van der Waals surface area contributed by atoms with E-state index in [9.17, 15) is 9.90 Å². The molecule has 0 spiro atoms. The van der Waals surface area contributed by atoms with E-state index in [1.807, 2.05) is 54.6 Å². The lowest BCUT2D eigenvalue weighted by atomic mass is 10.1. The molecule has 0 heterocycles. The van der Waals surface area contributed by atoms with Crippen LogP contribution in [0.2, 0.25) is 0 Å². The van der Waals surface area contributed by atoms with Crippen molar-refractivity contribution < 1.29 is 15.0 Å². The number of aliphatic hydroxyl groups excluding tert-OH is 1. The maximum atomic E-state index is 10.4. The number of anilines is 1. The van der Waals surface area contributed by atoms with Gasteiger partial charge in [-0.3, -0.25) is 0 Å². The van der Waals surface area contributed by atoms with E-state index in [1.54, 1.807) is 0 Å². The molecule has 0 aliphatic carbocycles. The molecule has 0 saturated heterocycles. The van der Waals surface area contributed by atoms with Gasteiger partial charge in [-0.25, -0.2) is 4.79 Å². The predicted molar refractivity (Wildman–Crippen MR) is 86.1 cm³/mol. The van der Waals surface area contributed by atoms with Gasteiger partial charge in [-0.1, -0.05) is 42.5 Å². The quantitative estimate of drug-likeness (QED) is 0.633. The summed E-state index contributed by atoms with van der Waals surface area (Å²) >= 11 is 0. The molecule has 2 rings (SSSR count). The fourth-order valence-corrected chi connectivity index (χ4v) is 2.11. The number of hydrogen-bond donors (Lipinski definition) is 4. The van der Waals surface area contributed by atoms with Gasteiger partial charge in [-0.2, -0.15) is 0 Å². The Kier molecular flexibility index (Phi) is 5.80. The highest BCUT2D eigenvalue weighted by Gasteiger charge is 2.06. The van der Waals surface area contributed by atoms with Gasteiger partial charge in [0.2, 0.25) is 0 Å². The monoisotopic (exact) mass is 300 g/mol. The highest BCUT2D eigenvalue weighted by molar-refractivity contribution is 5.64. The summed E-state index contributed by atoms with van der Waals surface area (Å²) in [7, 11) is 0. The lowest BCUT2D eigenvalue weighted by Crippen LogP contribution is -2.23. The molecule has 116 valence electrons. The summed E-state index contributed by atoms with van der Waals surface area (Å²) < 4.78 is 0. The van der Waals surface area contributed by atoms with Crippen LogP contribution in [0.5, 0.6) is 0 Å². The zero-order chi connectivity index (χ0) is 15.8. The fourth-order valence-electron chi connectivity index (χ4n) is 2.11. The maximum Gasteiger partial charge on any atom is 0.404 e. The van der Waals surface area contributed by atoms with Crippen molar-refractivity contribution in [3.8, 4) is 0 Å². The second kappa shape index (κ2) is 8.05. The van der Waals surface area contributed by atoms with Gasteiger partial charge in [-0.05, 0) is 29.7 Å². The molecular formula is C17H20N2O3. The van der Waals surface area contributed by atoms with Crippen molar-refractivity contribution in [3.05, 3.63) is 65.7 Å². The van der Waals surface area contributed by atoms with Crippen LogP contribution in [0, 0.1) is 0 Å². The molecule has 22 heavy (non-hydrogen) atoms. The summed E-state index contributed by atoms with van der Waals surface area (Å²) in [5.74, 6) is 0. The number of rotatable bonds is 7. The first-order chi connectivity index (χ1) is 10.6. The maximum absolute atomic E-state index is 10.4. The molecule has 0 aliphatic rings. The van der Waals surface area contributed by atoms with Crippen LogP contribution < -0.4 is 10.6 Å². The summed E-state index contributed by atoms with van der Waals surface area (Å²) in [6, 6.07) is 17.2. The summed E-state index contributed by atoms with van der Waals surface area (Å²) in [4.78, 5) is 10.4. The van der Waals surface area contributed by atoms with Gasteiger partial charge in [0.15, 0.2) is 0 Å². The number of benzene rings is 2. The molecule has 0 unspecified atom stereocenters. The van der Waals surface area contributed by atoms with Gasteiger partial charge in [0.05, 0.1) is 6.10 Å². The van der Waals surface area contributed by atoms with Crippen LogP contribution in [-0.2, 0) is 6.42 Å². The normalized spacial score (nSPS) is 11.7. The Morgan fingerprint density at radius 3 is 2.36 bits per heavy atom. The molecule has 4 N–H and O–H groups in total. The van der Waals surface area contributed by atoms with Crippen LogP contribution >= 0.6 is 0 Å². The predicted octanol–water partition coefficient (Wildman–Crippen LogP) is 2.64. The number of aliphatic hydroxyl groups is 1. The van der Waals surface area contributed by atoms with Crippen molar-refractivity contribution in [1.82, 2.24) is 5.32 Å². The van der Waals surface area contributed by atoms with Gasteiger partial charge in [0.1, 0.15) is 0 Å². The lowest BCUT2D eigenvalue weighted by molar-refractivity contribution is 0.191. The Labute approximate surface area is 129 Å². The van der Waals surface area contributed by atoms with Crippen molar-refractivity contribution in [2.75, 3.05) is 18.4 Å². The number of amides is 1. The van der Waals surface area contributed by atoms with Crippen LogP contribution in [0.25, 0.3) is 0 Å². The van der Waals surface area contributed by atoms with E-state index in [4.69, 9.17) is 5.11 Å². The minimum Gasteiger partial charge on any atom is -0.465 e. The average Bonchev–Trinajstić information content (AvgIpc) is 2.54. The molecule has 5 heteroatoms. The second-order valence-electron chi connectivity index (χ2n) is 4.99.